The van der Waals surface area contributed by atoms with Crippen LogP contribution in [-0.4, -0.2) is 9.97 Å². The summed E-state index contributed by atoms with van der Waals surface area (Å²) in [5, 5.41) is 3.06. The Bertz CT molecular complexity index is 663. The van der Waals surface area contributed by atoms with Gasteiger partial charge in [0, 0.05) is 23.1 Å². The van der Waals surface area contributed by atoms with Gasteiger partial charge < -0.3 is 10.3 Å². The Morgan fingerprint density at radius 3 is 2.89 bits per heavy atom. The van der Waals surface area contributed by atoms with Crippen LogP contribution in [0.4, 0.5) is 4.39 Å². The van der Waals surface area contributed by atoms with Gasteiger partial charge in [-0.15, -0.1) is 0 Å². The Balaban J connectivity index is 2.18. The monoisotopic (exact) mass is 309 g/mol. The van der Waals surface area contributed by atoms with Crippen molar-refractivity contribution in [2.75, 3.05) is 0 Å². The molecule has 1 aromatic carbocycles. The second-order valence-electron chi connectivity index (χ2n) is 4.10. The van der Waals surface area contributed by atoms with Crippen LogP contribution in [0.15, 0.2) is 27.5 Å². The molecule has 2 aromatic rings. The van der Waals surface area contributed by atoms with Crippen LogP contribution in [0.5, 0.6) is 0 Å². The number of nitrogens with zero attached hydrogens (tertiary/aromatic N) is 1. The average molecular weight is 310 g/mol. The van der Waals surface area contributed by atoms with Crippen molar-refractivity contribution >= 4 is 15.9 Å². The molecule has 18 heavy (non-hydrogen) atoms. The quantitative estimate of drug-likeness (QED) is 0.846. The Morgan fingerprint density at radius 2 is 2.11 bits per heavy atom. The number of hydrogen-bond acceptors (Lipinski definition) is 3. The van der Waals surface area contributed by atoms with Crippen LogP contribution in [0, 0.1) is 5.82 Å². The molecule has 0 saturated heterocycles. The fourth-order valence-corrected chi connectivity index (χ4v) is 2.47. The first-order chi connectivity index (χ1) is 8.63. The molecule has 0 bridgehead atoms. The number of aromatic nitrogens is 2. The van der Waals surface area contributed by atoms with Crippen molar-refractivity contribution in [1.82, 2.24) is 15.3 Å². The molecule has 0 aliphatic carbocycles. The van der Waals surface area contributed by atoms with Gasteiger partial charge in [-0.05, 0) is 18.2 Å². The van der Waals surface area contributed by atoms with Crippen LogP contribution < -0.4 is 10.9 Å². The highest BCUT2D eigenvalue weighted by Crippen LogP contribution is 2.22. The molecule has 0 unspecified atom stereocenters. The molecule has 1 aromatic heterocycles. The third-order valence-electron chi connectivity index (χ3n) is 2.83. The van der Waals surface area contributed by atoms with E-state index in [1.165, 1.54) is 12.1 Å². The van der Waals surface area contributed by atoms with Gasteiger partial charge in [0.25, 0.3) is 5.56 Å². The lowest BCUT2D eigenvalue weighted by Gasteiger charge is -2.04. The molecule has 0 fully saturated rings. The Kier molecular flexibility index (Phi) is 2.76. The number of benzene rings is 1. The number of halogens is 2. The van der Waals surface area contributed by atoms with Crippen molar-refractivity contribution in [3.8, 4) is 11.4 Å². The molecule has 0 saturated carbocycles. The Morgan fingerprint density at radius 1 is 1.28 bits per heavy atom. The van der Waals surface area contributed by atoms with E-state index in [0.29, 0.717) is 34.5 Å². The summed E-state index contributed by atoms with van der Waals surface area (Å²) < 4.78 is 13.9. The second-order valence-corrected chi connectivity index (χ2v) is 5.02. The average Bonchev–Trinajstić information content (AvgIpc) is 2.76. The molecule has 3 rings (SSSR count). The third-order valence-corrected chi connectivity index (χ3v) is 3.29. The third kappa shape index (κ3) is 1.97. The zero-order valence-electron chi connectivity index (χ0n) is 9.26. The highest BCUT2D eigenvalue weighted by atomic mass is 79.9. The highest BCUT2D eigenvalue weighted by molar-refractivity contribution is 9.10. The van der Waals surface area contributed by atoms with E-state index < -0.39 is 0 Å². The van der Waals surface area contributed by atoms with Gasteiger partial charge in [0.1, 0.15) is 11.6 Å². The normalized spacial score (nSPS) is 13.7. The minimum absolute atomic E-state index is 0.166. The first kappa shape index (κ1) is 11.6. The molecular weight excluding hydrogens is 301 g/mol. The first-order valence-electron chi connectivity index (χ1n) is 5.43. The summed E-state index contributed by atoms with van der Waals surface area (Å²) in [6.45, 7) is 1.10. The largest absolute Gasteiger partial charge is 0.307 e. The van der Waals surface area contributed by atoms with E-state index in [2.05, 4.69) is 31.2 Å². The SMILES string of the molecule is O=c1[nH]c(-c2cc(F)cc(Br)c2)nc2c1CNC2. The van der Waals surface area contributed by atoms with Crippen molar-refractivity contribution < 1.29 is 4.39 Å². The van der Waals surface area contributed by atoms with Crippen molar-refractivity contribution in [2.24, 2.45) is 0 Å². The van der Waals surface area contributed by atoms with E-state index in [1.54, 1.807) is 6.07 Å². The molecule has 0 spiro atoms. The maximum atomic E-state index is 13.3. The van der Waals surface area contributed by atoms with Crippen LogP contribution in [0.3, 0.4) is 0 Å². The molecular formula is C12H9BrFN3O. The van der Waals surface area contributed by atoms with Crippen LogP contribution in [0.1, 0.15) is 11.3 Å². The van der Waals surface area contributed by atoms with Crippen molar-refractivity contribution in [3.05, 3.63) is 50.1 Å². The van der Waals surface area contributed by atoms with Crippen molar-refractivity contribution in [1.29, 1.82) is 0 Å². The molecule has 2 N–H and O–H groups in total. The van der Waals surface area contributed by atoms with Gasteiger partial charge in [-0.2, -0.15) is 0 Å². The number of hydrogen-bond donors (Lipinski definition) is 2. The molecule has 2 heterocycles. The molecule has 0 radical (unpaired) electrons. The first-order valence-corrected chi connectivity index (χ1v) is 6.22. The summed E-state index contributed by atoms with van der Waals surface area (Å²) >= 11 is 3.22. The van der Waals surface area contributed by atoms with Gasteiger partial charge >= 0.3 is 0 Å². The van der Waals surface area contributed by atoms with Crippen molar-refractivity contribution in [3.63, 3.8) is 0 Å². The summed E-state index contributed by atoms with van der Waals surface area (Å²) in [4.78, 5) is 18.9. The number of aromatic amines is 1. The van der Waals surface area contributed by atoms with Gasteiger partial charge in [0.05, 0.1) is 11.3 Å². The van der Waals surface area contributed by atoms with Crippen LogP contribution in [0.25, 0.3) is 11.4 Å². The minimum Gasteiger partial charge on any atom is -0.307 e. The highest BCUT2D eigenvalue weighted by Gasteiger charge is 2.17. The van der Waals surface area contributed by atoms with E-state index in [1.807, 2.05) is 0 Å². The minimum atomic E-state index is -0.374. The summed E-state index contributed by atoms with van der Waals surface area (Å²) in [5.41, 5.74) is 1.78. The van der Waals surface area contributed by atoms with E-state index in [0.717, 1.165) is 5.69 Å². The molecule has 6 heteroatoms. The maximum absolute atomic E-state index is 13.3. The topological polar surface area (TPSA) is 57.8 Å². The van der Waals surface area contributed by atoms with Gasteiger partial charge in [0.2, 0.25) is 0 Å². The van der Waals surface area contributed by atoms with Gasteiger partial charge in [-0.3, -0.25) is 4.79 Å². The predicted octanol–water partition coefficient (Wildman–Crippen LogP) is 1.94. The van der Waals surface area contributed by atoms with Gasteiger partial charge in [-0.25, -0.2) is 9.37 Å². The smallest absolute Gasteiger partial charge is 0.255 e. The van der Waals surface area contributed by atoms with Crippen LogP contribution >= 0.6 is 15.9 Å². The zero-order chi connectivity index (χ0) is 12.7. The van der Waals surface area contributed by atoms with E-state index in [-0.39, 0.29) is 11.4 Å². The van der Waals surface area contributed by atoms with Gasteiger partial charge in [0.15, 0.2) is 0 Å². The Labute approximate surface area is 110 Å². The van der Waals surface area contributed by atoms with E-state index in [9.17, 15) is 9.18 Å². The number of nitrogens with one attached hydrogen (secondary N) is 2. The molecule has 92 valence electrons. The number of rotatable bonds is 1. The van der Waals surface area contributed by atoms with Gasteiger partial charge in [-0.1, -0.05) is 15.9 Å². The molecule has 0 atom stereocenters. The van der Waals surface area contributed by atoms with Crippen LogP contribution in [-0.2, 0) is 13.1 Å². The fraction of sp³-hybridized carbons (Fsp3) is 0.167. The maximum Gasteiger partial charge on any atom is 0.255 e. The molecule has 4 nitrogen and oxygen atoms in total. The Hall–Kier alpha value is -1.53. The van der Waals surface area contributed by atoms with E-state index >= 15 is 0 Å². The van der Waals surface area contributed by atoms with Crippen molar-refractivity contribution in [2.45, 2.75) is 13.1 Å². The number of H-pyrrole nitrogens is 1. The summed E-state index contributed by atoms with van der Waals surface area (Å²) in [6, 6.07) is 4.42. The lowest BCUT2D eigenvalue weighted by atomic mass is 10.2. The van der Waals surface area contributed by atoms with Crippen LogP contribution in [0.2, 0.25) is 0 Å². The summed E-state index contributed by atoms with van der Waals surface area (Å²) in [7, 11) is 0. The molecule has 1 aliphatic heterocycles. The fourth-order valence-electron chi connectivity index (χ4n) is 2.01. The molecule has 1 aliphatic rings. The second kappa shape index (κ2) is 4.29. The standard InChI is InChI=1S/C12H9BrFN3O/c13-7-1-6(2-8(14)3-7)11-16-10-5-15-4-9(10)12(18)17-11/h1-3,15H,4-5H2,(H,16,17,18). The summed E-state index contributed by atoms with van der Waals surface area (Å²) in [6.07, 6.45) is 0. The zero-order valence-corrected chi connectivity index (χ0v) is 10.8. The lowest BCUT2D eigenvalue weighted by molar-refractivity contribution is 0.627. The van der Waals surface area contributed by atoms with E-state index in [4.69, 9.17) is 0 Å². The predicted molar refractivity (Wildman–Crippen MR) is 68.5 cm³/mol. The molecule has 0 amide bonds. The lowest BCUT2D eigenvalue weighted by Crippen LogP contribution is -2.15. The number of fused-ring (bicyclic) bond motifs is 1. The summed E-state index contributed by atoms with van der Waals surface area (Å²) in [5.74, 6) is 0.0169.